The molecule has 9 nitrogen and oxygen atoms in total. The number of aliphatic carboxylic acids is 1. The van der Waals surface area contributed by atoms with Crippen molar-refractivity contribution in [3.05, 3.63) is 27.1 Å². The van der Waals surface area contributed by atoms with E-state index in [2.05, 4.69) is 21.2 Å². The minimum absolute atomic E-state index is 0.00648. The number of carboxylic acids is 1. The van der Waals surface area contributed by atoms with Gasteiger partial charge in [-0.2, -0.15) is 13.2 Å². The highest BCUT2D eigenvalue weighted by atomic mass is 79.9. The van der Waals surface area contributed by atoms with Gasteiger partial charge in [0.05, 0.1) is 16.7 Å². The number of carboxylic acid groups (broad SMARTS) is 1. The van der Waals surface area contributed by atoms with Gasteiger partial charge in [-0.3, -0.25) is 9.59 Å². The molecule has 1 aromatic heterocycles. The molecule has 176 valence electrons. The predicted octanol–water partition coefficient (Wildman–Crippen LogP) is 1.30. The van der Waals surface area contributed by atoms with E-state index in [1.807, 2.05) is 0 Å². The fourth-order valence-corrected chi connectivity index (χ4v) is 3.21. The summed E-state index contributed by atoms with van der Waals surface area (Å²) in [6.07, 6.45) is -1.18. The van der Waals surface area contributed by atoms with Crippen LogP contribution in [0.2, 0.25) is 0 Å². The van der Waals surface area contributed by atoms with Gasteiger partial charge in [0, 0.05) is 25.4 Å². The first kappa shape index (κ1) is 26.9. The molecule has 1 unspecified atom stereocenters. The molecule has 1 fully saturated rings. The third kappa shape index (κ3) is 8.87. The van der Waals surface area contributed by atoms with E-state index in [-0.39, 0.29) is 23.6 Å². The van der Waals surface area contributed by atoms with Crippen LogP contribution in [-0.4, -0.2) is 57.1 Å². The molecular weight excluding hydrogens is 491 g/mol. The lowest BCUT2D eigenvalue weighted by Crippen LogP contribution is -2.51. The molecule has 1 aliphatic carbocycles. The van der Waals surface area contributed by atoms with Gasteiger partial charge in [0.2, 0.25) is 5.91 Å². The molecule has 0 saturated heterocycles. The molecule has 0 spiro atoms. The summed E-state index contributed by atoms with van der Waals surface area (Å²) in [4.78, 5) is 32.5. The molecule has 0 bridgehead atoms. The lowest BCUT2D eigenvalue weighted by atomic mass is 9.92. The second kappa shape index (κ2) is 11.5. The summed E-state index contributed by atoms with van der Waals surface area (Å²) < 4.78 is 39.9. The van der Waals surface area contributed by atoms with Crippen LogP contribution >= 0.6 is 15.9 Å². The van der Waals surface area contributed by atoms with E-state index in [0.717, 1.165) is 30.2 Å². The lowest BCUT2D eigenvalue weighted by molar-refractivity contribution is -0.192. The Balaban J connectivity index is 0.000000592. The number of ether oxygens (including phenoxy) is 1. The Morgan fingerprint density at radius 1 is 1.32 bits per heavy atom. The summed E-state index contributed by atoms with van der Waals surface area (Å²) in [5.74, 6) is -2.54. The number of hydrogen-bond acceptors (Lipinski definition) is 6. The van der Waals surface area contributed by atoms with E-state index in [1.54, 1.807) is 13.2 Å². The Morgan fingerprint density at radius 2 is 1.84 bits per heavy atom. The van der Waals surface area contributed by atoms with Crippen molar-refractivity contribution < 1.29 is 37.7 Å². The molecule has 1 aromatic rings. The van der Waals surface area contributed by atoms with Crippen LogP contribution in [0.4, 0.5) is 13.2 Å². The summed E-state index contributed by atoms with van der Waals surface area (Å²) >= 11 is 3.40. The molecule has 0 radical (unpaired) electrons. The number of hydrogen-bond donors (Lipinski definition) is 4. The summed E-state index contributed by atoms with van der Waals surface area (Å²) in [7, 11) is 1.68. The third-order valence-corrected chi connectivity index (χ3v) is 5.12. The van der Waals surface area contributed by atoms with Gasteiger partial charge in [0.15, 0.2) is 0 Å². The number of aliphatic hydroxyl groups is 1. The van der Waals surface area contributed by atoms with Gasteiger partial charge in [-0.15, -0.1) is 0 Å². The molecule has 2 atom stereocenters. The van der Waals surface area contributed by atoms with Crippen LogP contribution in [0.25, 0.3) is 0 Å². The molecule has 1 heterocycles. The summed E-state index contributed by atoms with van der Waals surface area (Å²) in [6, 6.07) is 0.601. The van der Waals surface area contributed by atoms with Crippen LogP contribution in [0.15, 0.2) is 21.5 Å². The van der Waals surface area contributed by atoms with Crippen molar-refractivity contribution in [2.24, 2.45) is 12.8 Å². The van der Waals surface area contributed by atoms with Gasteiger partial charge < -0.3 is 30.6 Å². The van der Waals surface area contributed by atoms with E-state index in [9.17, 15) is 27.9 Å². The number of halogens is 4. The SMILES string of the molecule is CC(O)[C@H](N)C(=O)NC1CCC(Oc2cc(=O)n(C)cc2Br)CC1.O=C(O)C(F)(F)F. The van der Waals surface area contributed by atoms with Crippen molar-refractivity contribution in [1.82, 2.24) is 9.88 Å². The van der Waals surface area contributed by atoms with Gasteiger partial charge in [0.25, 0.3) is 5.56 Å². The van der Waals surface area contributed by atoms with Crippen LogP contribution < -0.4 is 21.3 Å². The zero-order valence-corrected chi connectivity index (χ0v) is 18.4. The Labute approximate surface area is 184 Å². The molecule has 13 heteroatoms. The highest BCUT2D eigenvalue weighted by molar-refractivity contribution is 9.10. The highest BCUT2D eigenvalue weighted by Gasteiger charge is 2.38. The number of rotatable bonds is 5. The monoisotopic (exact) mass is 515 g/mol. The van der Waals surface area contributed by atoms with Crippen LogP contribution in [0.1, 0.15) is 32.6 Å². The van der Waals surface area contributed by atoms with Crippen LogP contribution in [0, 0.1) is 0 Å². The first-order valence-electron chi connectivity index (χ1n) is 9.29. The molecular formula is C18H25BrF3N3O6. The third-order valence-electron chi connectivity index (χ3n) is 4.52. The first-order valence-corrected chi connectivity index (χ1v) is 10.1. The van der Waals surface area contributed by atoms with Crippen LogP contribution in [0.3, 0.4) is 0 Å². The predicted molar refractivity (Wildman–Crippen MR) is 108 cm³/mol. The smallest absolute Gasteiger partial charge is 0.489 e. The van der Waals surface area contributed by atoms with Crippen LogP contribution in [0.5, 0.6) is 5.75 Å². The van der Waals surface area contributed by atoms with Crippen molar-refractivity contribution in [2.75, 3.05) is 0 Å². The largest absolute Gasteiger partial charge is 0.490 e. The van der Waals surface area contributed by atoms with E-state index >= 15 is 0 Å². The van der Waals surface area contributed by atoms with Crippen molar-refractivity contribution in [3.63, 3.8) is 0 Å². The maximum absolute atomic E-state index is 11.9. The topological polar surface area (TPSA) is 144 Å². The molecule has 1 amide bonds. The minimum Gasteiger partial charge on any atom is -0.489 e. The van der Waals surface area contributed by atoms with Gasteiger partial charge >= 0.3 is 12.1 Å². The van der Waals surface area contributed by atoms with Crippen molar-refractivity contribution in [1.29, 1.82) is 0 Å². The zero-order chi connectivity index (χ0) is 23.9. The standard InChI is InChI=1S/C16H24BrN3O4.C2HF3O2/c1-9(21)15(18)16(23)19-10-3-5-11(6-4-10)24-13-7-14(22)20(2)8-12(13)17;3-2(4,5)1(6)7/h7-11,15,21H,3-6,18H2,1-2H3,(H,19,23);(H,6,7)/t9?,10?,11?,15-;/m0./s1. The number of nitrogens with two attached hydrogens (primary N) is 1. The van der Waals surface area contributed by atoms with E-state index in [0.29, 0.717) is 5.75 Å². The molecule has 0 aromatic carbocycles. The number of aryl methyl sites for hydroxylation is 1. The zero-order valence-electron chi connectivity index (χ0n) is 16.9. The molecule has 1 saturated carbocycles. The Morgan fingerprint density at radius 3 is 2.29 bits per heavy atom. The second-order valence-corrected chi connectivity index (χ2v) is 7.96. The maximum Gasteiger partial charge on any atom is 0.490 e. The van der Waals surface area contributed by atoms with Gasteiger partial charge in [-0.25, -0.2) is 4.79 Å². The maximum atomic E-state index is 11.9. The quantitative estimate of drug-likeness (QED) is 0.462. The van der Waals surface area contributed by atoms with E-state index < -0.39 is 24.3 Å². The average molecular weight is 516 g/mol. The average Bonchev–Trinajstić information content (AvgIpc) is 2.66. The molecule has 0 aliphatic heterocycles. The van der Waals surface area contributed by atoms with Crippen molar-refractivity contribution in [3.8, 4) is 5.75 Å². The number of nitrogens with zero attached hydrogens (tertiary/aromatic N) is 1. The number of carbonyl (C=O) groups excluding carboxylic acids is 1. The summed E-state index contributed by atoms with van der Waals surface area (Å²) in [5, 5.41) is 19.4. The number of pyridine rings is 1. The van der Waals surface area contributed by atoms with Gasteiger partial charge in [-0.1, -0.05) is 0 Å². The lowest BCUT2D eigenvalue weighted by Gasteiger charge is -2.30. The Hall–Kier alpha value is -2.12. The molecule has 1 aliphatic rings. The van der Waals surface area contributed by atoms with Gasteiger partial charge in [-0.05, 0) is 48.5 Å². The summed E-state index contributed by atoms with van der Waals surface area (Å²) in [5.41, 5.74) is 5.50. The van der Waals surface area contributed by atoms with Gasteiger partial charge in [0.1, 0.15) is 11.8 Å². The molecule has 5 N–H and O–H groups in total. The normalized spacial score (nSPS) is 20.6. The molecule has 2 rings (SSSR count). The van der Waals surface area contributed by atoms with E-state index in [1.165, 1.54) is 17.6 Å². The summed E-state index contributed by atoms with van der Waals surface area (Å²) in [6.45, 7) is 1.50. The van der Waals surface area contributed by atoms with E-state index in [4.69, 9.17) is 20.4 Å². The number of carbonyl (C=O) groups is 2. The highest BCUT2D eigenvalue weighted by Crippen LogP contribution is 2.28. The van der Waals surface area contributed by atoms with Crippen molar-refractivity contribution >= 4 is 27.8 Å². The number of aliphatic hydroxyl groups excluding tert-OH is 1. The minimum atomic E-state index is -5.08. The fraction of sp³-hybridized carbons (Fsp3) is 0.611. The first-order chi connectivity index (χ1) is 14.2. The second-order valence-electron chi connectivity index (χ2n) is 7.10. The Bertz CT molecular complexity index is 823. The number of amides is 1. The fourth-order valence-electron chi connectivity index (χ4n) is 2.69. The number of aromatic nitrogens is 1. The number of nitrogens with one attached hydrogen (secondary N) is 1. The number of alkyl halides is 3. The Kier molecular flexibility index (Phi) is 9.97. The van der Waals surface area contributed by atoms with Crippen molar-refractivity contribution in [2.45, 2.75) is 63.1 Å². The van der Waals surface area contributed by atoms with Crippen LogP contribution in [-0.2, 0) is 16.6 Å². The molecule has 31 heavy (non-hydrogen) atoms.